The quantitative estimate of drug-likeness (QED) is 0.311. The fourth-order valence-corrected chi connectivity index (χ4v) is 6.38. The van der Waals surface area contributed by atoms with Gasteiger partial charge in [0.25, 0.3) is 0 Å². The van der Waals surface area contributed by atoms with Crippen molar-refractivity contribution in [1.82, 2.24) is 10.6 Å². The highest BCUT2D eigenvalue weighted by Crippen LogP contribution is 2.52. The lowest BCUT2D eigenvalue weighted by molar-refractivity contribution is -0.139. The van der Waals surface area contributed by atoms with Crippen molar-refractivity contribution in [3.63, 3.8) is 0 Å². The van der Waals surface area contributed by atoms with Crippen LogP contribution in [-0.4, -0.2) is 5.78 Å². The minimum Gasteiger partial charge on any atom is -0.302 e. The maximum atomic E-state index is 14.7. The molecule has 6 atom stereocenters. The van der Waals surface area contributed by atoms with Crippen LogP contribution < -0.4 is 10.6 Å². The first-order valence-corrected chi connectivity index (χ1v) is 13.7. The molecule has 3 nitrogen and oxygen atoms in total. The van der Waals surface area contributed by atoms with Crippen LogP contribution in [0.15, 0.2) is 97.1 Å². The summed E-state index contributed by atoms with van der Waals surface area (Å²) in [6.07, 6.45) is 0. The molecule has 0 saturated carbocycles. The van der Waals surface area contributed by atoms with E-state index in [1.54, 1.807) is 0 Å². The smallest absolute Gasteiger partial charge is 0.146 e. The second-order valence-electron chi connectivity index (χ2n) is 11.3. The number of fused-ring (bicyclic) bond motifs is 2. The van der Waals surface area contributed by atoms with Gasteiger partial charge in [-0.05, 0) is 49.9 Å². The molecule has 2 unspecified atom stereocenters. The minimum atomic E-state index is -0.214. The molecule has 2 aliphatic rings. The molecule has 2 N–H and O–H groups in total. The molecule has 2 bridgehead atoms. The molecule has 192 valence electrons. The number of piperidine rings is 2. The molecule has 3 heteroatoms. The monoisotopic (exact) mass is 500 g/mol. The summed E-state index contributed by atoms with van der Waals surface area (Å²) in [6, 6.07) is 34.3. The van der Waals surface area contributed by atoms with Crippen LogP contribution in [0.25, 0.3) is 0 Å². The SMILES string of the molecule is Cc1ccc([C@H]2N[C@H](c3ccc(C)cc3)C3C(=O)C2[C@H](c2ccc(C)cc2)N[C@H]3c2ccc(C)cc2)cc1. The molecule has 2 aliphatic heterocycles. The lowest BCUT2D eigenvalue weighted by Crippen LogP contribution is -2.60. The summed E-state index contributed by atoms with van der Waals surface area (Å²) in [5.41, 5.74) is 9.55. The number of nitrogens with one attached hydrogen (secondary N) is 2. The van der Waals surface area contributed by atoms with Crippen molar-refractivity contribution < 1.29 is 4.79 Å². The predicted molar refractivity (Wildman–Crippen MR) is 154 cm³/mol. The van der Waals surface area contributed by atoms with E-state index in [4.69, 9.17) is 0 Å². The summed E-state index contributed by atoms with van der Waals surface area (Å²) in [4.78, 5) is 14.7. The van der Waals surface area contributed by atoms with Gasteiger partial charge in [-0.3, -0.25) is 4.79 Å². The molecule has 0 amide bonds. The van der Waals surface area contributed by atoms with E-state index in [0.717, 1.165) is 22.3 Å². The number of ketones is 1. The average molecular weight is 501 g/mol. The van der Waals surface area contributed by atoms with E-state index in [1.165, 1.54) is 22.3 Å². The van der Waals surface area contributed by atoms with E-state index >= 15 is 0 Å². The van der Waals surface area contributed by atoms with Crippen LogP contribution in [0.5, 0.6) is 0 Å². The van der Waals surface area contributed by atoms with Crippen LogP contribution in [-0.2, 0) is 4.79 Å². The first-order chi connectivity index (χ1) is 18.4. The molecule has 0 spiro atoms. The van der Waals surface area contributed by atoms with Crippen molar-refractivity contribution in [2.45, 2.75) is 51.9 Å². The first kappa shape index (κ1) is 24.8. The number of carbonyl (C=O) groups is 1. The summed E-state index contributed by atoms with van der Waals surface area (Å²) in [7, 11) is 0. The second-order valence-corrected chi connectivity index (χ2v) is 11.3. The van der Waals surface area contributed by atoms with Crippen molar-refractivity contribution >= 4 is 5.78 Å². The van der Waals surface area contributed by atoms with Crippen molar-refractivity contribution in [3.05, 3.63) is 142 Å². The Hall–Kier alpha value is -3.53. The topological polar surface area (TPSA) is 41.1 Å². The number of benzene rings is 4. The molecule has 4 aromatic rings. The van der Waals surface area contributed by atoms with Gasteiger partial charge >= 0.3 is 0 Å². The third kappa shape index (κ3) is 4.51. The normalized spacial score (nSPS) is 26.8. The number of Topliss-reactive ketones (excluding diaryl/α,β-unsaturated/α-hetero) is 1. The van der Waals surface area contributed by atoms with Gasteiger partial charge in [-0.1, -0.05) is 119 Å². The van der Waals surface area contributed by atoms with Gasteiger partial charge in [-0.15, -0.1) is 0 Å². The van der Waals surface area contributed by atoms with E-state index in [0.29, 0.717) is 5.78 Å². The maximum Gasteiger partial charge on any atom is 0.146 e. The van der Waals surface area contributed by atoms with Gasteiger partial charge in [0, 0.05) is 24.2 Å². The highest BCUT2D eigenvalue weighted by molar-refractivity contribution is 5.89. The minimum absolute atomic E-state index is 0.0941. The summed E-state index contributed by atoms with van der Waals surface area (Å²) >= 11 is 0. The van der Waals surface area contributed by atoms with Crippen molar-refractivity contribution in [2.24, 2.45) is 11.8 Å². The summed E-state index contributed by atoms with van der Waals surface area (Å²) in [5, 5.41) is 8.04. The average Bonchev–Trinajstić information content (AvgIpc) is 2.91. The van der Waals surface area contributed by atoms with Gasteiger partial charge in [0.05, 0.1) is 11.8 Å². The lowest BCUT2D eigenvalue weighted by atomic mass is 9.64. The molecular formula is C35H36N2O. The molecule has 0 aromatic heterocycles. The zero-order valence-electron chi connectivity index (χ0n) is 22.6. The molecule has 38 heavy (non-hydrogen) atoms. The van der Waals surface area contributed by atoms with Crippen LogP contribution >= 0.6 is 0 Å². The van der Waals surface area contributed by atoms with Gasteiger partial charge in [-0.2, -0.15) is 0 Å². The van der Waals surface area contributed by atoms with Gasteiger partial charge < -0.3 is 10.6 Å². The van der Waals surface area contributed by atoms with Crippen LogP contribution in [0.1, 0.15) is 68.7 Å². The van der Waals surface area contributed by atoms with Crippen LogP contribution in [0.4, 0.5) is 0 Å². The molecule has 6 rings (SSSR count). The number of carbonyl (C=O) groups excluding carboxylic acids is 1. The Balaban J connectivity index is 1.51. The van der Waals surface area contributed by atoms with E-state index in [-0.39, 0.29) is 36.0 Å². The van der Waals surface area contributed by atoms with Crippen LogP contribution in [0.2, 0.25) is 0 Å². The third-order valence-electron chi connectivity index (χ3n) is 8.56. The number of rotatable bonds is 4. The van der Waals surface area contributed by atoms with Crippen LogP contribution in [0.3, 0.4) is 0 Å². The van der Waals surface area contributed by atoms with Gasteiger partial charge in [-0.25, -0.2) is 0 Å². The zero-order valence-corrected chi connectivity index (χ0v) is 22.6. The maximum absolute atomic E-state index is 14.7. The molecule has 0 aliphatic carbocycles. The van der Waals surface area contributed by atoms with E-state index in [2.05, 4.69) is 135 Å². The number of hydrogen-bond donors (Lipinski definition) is 2. The fourth-order valence-electron chi connectivity index (χ4n) is 6.38. The lowest BCUT2D eigenvalue weighted by Gasteiger charge is -2.52. The van der Waals surface area contributed by atoms with Crippen molar-refractivity contribution in [2.75, 3.05) is 0 Å². The first-order valence-electron chi connectivity index (χ1n) is 13.7. The largest absolute Gasteiger partial charge is 0.302 e. The molecule has 2 heterocycles. The van der Waals surface area contributed by atoms with Crippen molar-refractivity contribution in [1.29, 1.82) is 0 Å². The highest BCUT2D eigenvalue weighted by Gasteiger charge is 2.55. The Bertz CT molecular complexity index is 1210. The molecule has 4 aromatic carbocycles. The third-order valence-corrected chi connectivity index (χ3v) is 8.56. The Morgan fingerprint density at radius 1 is 0.395 bits per heavy atom. The van der Waals surface area contributed by atoms with E-state index in [9.17, 15) is 4.79 Å². The molecule has 0 radical (unpaired) electrons. The number of hydrogen-bond acceptors (Lipinski definition) is 3. The van der Waals surface area contributed by atoms with Gasteiger partial charge in [0.1, 0.15) is 5.78 Å². The molecular weight excluding hydrogens is 464 g/mol. The van der Waals surface area contributed by atoms with Crippen LogP contribution in [0, 0.1) is 39.5 Å². The predicted octanol–water partition coefficient (Wildman–Crippen LogP) is 7.19. The summed E-state index contributed by atoms with van der Waals surface area (Å²) in [6.45, 7) is 8.44. The van der Waals surface area contributed by atoms with E-state index in [1.807, 2.05) is 0 Å². The fraction of sp³-hybridized carbons (Fsp3) is 0.286. The molecule has 2 fully saturated rings. The Morgan fingerprint density at radius 2 is 0.605 bits per heavy atom. The highest BCUT2D eigenvalue weighted by atomic mass is 16.1. The summed E-state index contributed by atoms with van der Waals surface area (Å²) in [5.74, 6) is -0.0857. The number of aryl methyl sites for hydroxylation is 4. The Kier molecular flexibility index (Phi) is 6.51. The Morgan fingerprint density at radius 3 is 0.816 bits per heavy atom. The molecule has 2 saturated heterocycles. The van der Waals surface area contributed by atoms with Crippen molar-refractivity contribution in [3.8, 4) is 0 Å². The standard InChI is InChI=1S/C35H36N2O/c1-21-5-13-25(14-6-21)31-29-32(26-15-7-22(2)8-16-26)37-34(28-19-11-24(4)12-20-28)30(35(29)38)33(36-31)27-17-9-23(3)10-18-27/h5-20,29-34,36-37H,1-4H3/t29?,30?,31-,32+,33-,34+. The zero-order chi connectivity index (χ0) is 26.4. The Labute approximate surface area is 226 Å². The summed E-state index contributed by atoms with van der Waals surface area (Å²) < 4.78 is 0. The van der Waals surface area contributed by atoms with Gasteiger partial charge in [0.2, 0.25) is 0 Å². The second kappa shape index (κ2) is 9.98. The van der Waals surface area contributed by atoms with Gasteiger partial charge in [0.15, 0.2) is 0 Å². The van der Waals surface area contributed by atoms with E-state index < -0.39 is 0 Å².